The Hall–Kier alpha value is -1.97. The van der Waals surface area contributed by atoms with Crippen molar-refractivity contribution in [2.45, 2.75) is 26.0 Å². The lowest BCUT2D eigenvalue weighted by molar-refractivity contribution is 0.175. The number of benzene rings is 2. The summed E-state index contributed by atoms with van der Waals surface area (Å²) < 4.78 is 11.8. The van der Waals surface area contributed by atoms with Crippen molar-refractivity contribution in [2.75, 3.05) is 32.8 Å². The van der Waals surface area contributed by atoms with E-state index in [9.17, 15) is 5.26 Å². The topological polar surface area (TPSA) is 57.5 Å². The highest BCUT2D eigenvalue weighted by Gasteiger charge is 2.23. The largest absolute Gasteiger partial charge is 0.490 e. The molecule has 0 radical (unpaired) electrons. The van der Waals surface area contributed by atoms with Crippen LogP contribution >= 0.6 is 24.8 Å². The van der Waals surface area contributed by atoms with Crippen LogP contribution in [0.4, 0.5) is 0 Å². The summed E-state index contributed by atoms with van der Waals surface area (Å²) >= 11 is 0. The maximum Gasteiger partial charge on any atom is 0.161 e. The molecule has 1 fully saturated rings. The van der Waals surface area contributed by atoms with Gasteiger partial charge in [-0.2, -0.15) is 5.26 Å². The van der Waals surface area contributed by atoms with Crippen molar-refractivity contribution >= 4 is 24.8 Å². The molecule has 0 spiro atoms. The molecule has 1 N–H and O–H groups in total. The molecule has 0 aliphatic carbocycles. The first kappa shape index (κ1) is 25.1. The van der Waals surface area contributed by atoms with Gasteiger partial charge in [0.05, 0.1) is 19.1 Å². The third kappa shape index (κ3) is 7.09. The van der Waals surface area contributed by atoms with E-state index in [4.69, 9.17) is 9.47 Å². The highest BCUT2D eigenvalue weighted by atomic mass is 35.5. The van der Waals surface area contributed by atoms with Crippen LogP contribution in [-0.4, -0.2) is 37.7 Å². The van der Waals surface area contributed by atoms with Crippen molar-refractivity contribution < 1.29 is 9.47 Å². The zero-order valence-corrected chi connectivity index (χ0v) is 18.3. The summed E-state index contributed by atoms with van der Waals surface area (Å²) in [5, 5.41) is 12.7. The van der Waals surface area contributed by atoms with Gasteiger partial charge in [-0.05, 0) is 30.2 Å². The van der Waals surface area contributed by atoms with Crippen LogP contribution in [0.5, 0.6) is 11.5 Å². The molecule has 0 saturated carbocycles. The van der Waals surface area contributed by atoms with E-state index in [2.05, 4.69) is 22.4 Å². The molecule has 1 aliphatic heterocycles. The molecular weight excluding hydrogens is 409 g/mol. The summed E-state index contributed by atoms with van der Waals surface area (Å²) in [5.74, 6) is 1.48. The fourth-order valence-corrected chi connectivity index (χ4v) is 3.39. The Labute approximate surface area is 185 Å². The predicted octanol–water partition coefficient (Wildman–Crippen LogP) is 4.37. The van der Waals surface area contributed by atoms with Gasteiger partial charge < -0.3 is 14.8 Å². The molecule has 2 aromatic carbocycles. The molecular formula is C22H29Cl2N3O2. The molecule has 1 aliphatic rings. The van der Waals surface area contributed by atoms with Crippen molar-refractivity contribution in [3.63, 3.8) is 0 Å². The van der Waals surface area contributed by atoms with Crippen LogP contribution in [0.25, 0.3) is 0 Å². The number of rotatable bonds is 8. The highest BCUT2D eigenvalue weighted by molar-refractivity contribution is 5.85. The molecule has 3 rings (SSSR count). The first-order valence-electron chi connectivity index (χ1n) is 9.57. The molecule has 0 bridgehead atoms. The lowest BCUT2D eigenvalue weighted by Crippen LogP contribution is -2.45. The Kier molecular flexibility index (Phi) is 11.5. The average molecular weight is 438 g/mol. The van der Waals surface area contributed by atoms with Crippen molar-refractivity contribution in [3.05, 3.63) is 59.7 Å². The molecule has 5 nitrogen and oxygen atoms in total. The van der Waals surface area contributed by atoms with Gasteiger partial charge in [0.1, 0.15) is 6.61 Å². The number of hydrogen-bond donors (Lipinski definition) is 1. The molecule has 2 aromatic rings. The second-order valence-electron chi connectivity index (χ2n) is 6.58. The van der Waals surface area contributed by atoms with E-state index in [-0.39, 0.29) is 30.9 Å². The number of nitrogens with zero attached hydrogens (tertiary/aromatic N) is 2. The van der Waals surface area contributed by atoms with E-state index in [1.807, 2.05) is 49.4 Å². The average Bonchev–Trinajstić information content (AvgIpc) is 2.73. The smallest absolute Gasteiger partial charge is 0.161 e. The Morgan fingerprint density at radius 2 is 1.76 bits per heavy atom. The molecule has 0 unspecified atom stereocenters. The molecule has 7 heteroatoms. The minimum Gasteiger partial charge on any atom is -0.490 e. The van der Waals surface area contributed by atoms with E-state index < -0.39 is 0 Å². The minimum atomic E-state index is 0. The quantitative estimate of drug-likeness (QED) is 0.664. The Morgan fingerprint density at radius 3 is 2.41 bits per heavy atom. The Bertz CT molecular complexity index is 762. The number of nitriles is 1. The monoisotopic (exact) mass is 437 g/mol. The van der Waals surface area contributed by atoms with Crippen LogP contribution in [0, 0.1) is 11.3 Å². The number of ether oxygens (including phenoxy) is 2. The Balaban J connectivity index is 0.00000210. The first-order chi connectivity index (χ1) is 13.3. The zero-order valence-electron chi connectivity index (χ0n) is 16.7. The third-order valence-electron chi connectivity index (χ3n) is 4.77. The minimum absolute atomic E-state index is 0. The number of hydrogen-bond acceptors (Lipinski definition) is 5. The molecule has 1 atom stereocenters. The van der Waals surface area contributed by atoms with Gasteiger partial charge in [0.25, 0.3) is 0 Å². The van der Waals surface area contributed by atoms with Gasteiger partial charge in [0.2, 0.25) is 0 Å². The third-order valence-corrected chi connectivity index (χ3v) is 4.77. The normalized spacial score (nSPS) is 14.6. The summed E-state index contributed by atoms with van der Waals surface area (Å²) in [7, 11) is 0. The summed E-state index contributed by atoms with van der Waals surface area (Å²) in [6, 6.07) is 18.6. The fourth-order valence-electron chi connectivity index (χ4n) is 3.39. The molecule has 1 saturated heterocycles. The van der Waals surface area contributed by atoms with Crippen molar-refractivity contribution in [2.24, 2.45) is 0 Å². The van der Waals surface area contributed by atoms with Crippen molar-refractivity contribution in [1.29, 1.82) is 5.26 Å². The first-order valence-corrected chi connectivity index (χ1v) is 9.57. The van der Waals surface area contributed by atoms with Crippen molar-refractivity contribution in [3.8, 4) is 17.6 Å². The maximum absolute atomic E-state index is 9.32. The molecule has 0 amide bonds. The maximum atomic E-state index is 9.32. The van der Waals surface area contributed by atoms with Crippen LogP contribution in [0.3, 0.4) is 0 Å². The van der Waals surface area contributed by atoms with E-state index in [0.717, 1.165) is 48.8 Å². The van der Waals surface area contributed by atoms with E-state index in [1.54, 1.807) is 0 Å². The second-order valence-corrected chi connectivity index (χ2v) is 6.58. The molecule has 1 heterocycles. The standard InChI is InChI=1S/C22H27N3O2.2ClH/c1-2-26-22-16-19(20(10-11-23)25-14-12-24-13-15-25)8-9-21(22)27-17-18-6-4-3-5-7-18;;/h3-9,16,20,24H,2,10,12-15,17H2,1H3;2*1H/t20-;;/m1../s1. The van der Waals surface area contributed by atoms with Gasteiger partial charge in [-0.3, -0.25) is 4.90 Å². The van der Waals surface area contributed by atoms with Crippen LogP contribution in [0.15, 0.2) is 48.5 Å². The van der Waals surface area contributed by atoms with Gasteiger partial charge in [0.15, 0.2) is 11.5 Å². The second kappa shape index (κ2) is 13.3. The summed E-state index contributed by atoms with van der Waals surface area (Å²) in [6.07, 6.45) is 0.468. The van der Waals surface area contributed by atoms with Gasteiger partial charge in [0, 0.05) is 32.2 Å². The summed E-state index contributed by atoms with van der Waals surface area (Å²) in [4.78, 5) is 2.37. The predicted molar refractivity (Wildman–Crippen MR) is 120 cm³/mol. The van der Waals surface area contributed by atoms with E-state index in [0.29, 0.717) is 19.6 Å². The van der Waals surface area contributed by atoms with Crippen LogP contribution in [-0.2, 0) is 6.61 Å². The fraction of sp³-hybridized carbons (Fsp3) is 0.409. The number of nitrogens with one attached hydrogen (secondary N) is 1. The molecule has 158 valence electrons. The summed E-state index contributed by atoms with van der Waals surface area (Å²) in [6.45, 7) is 6.85. The zero-order chi connectivity index (χ0) is 18.9. The number of halogens is 2. The lowest BCUT2D eigenvalue weighted by Gasteiger charge is -2.34. The van der Waals surface area contributed by atoms with E-state index >= 15 is 0 Å². The SMILES string of the molecule is CCOc1cc([C@@H](CC#N)N2CCNCC2)ccc1OCc1ccccc1.Cl.Cl. The van der Waals surface area contributed by atoms with Gasteiger partial charge in [-0.1, -0.05) is 36.4 Å². The summed E-state index contributed by atoms with van der Waals surface area (Å²) in [5.41, 5.74) is 2.22. The molecule has 0 aromatic heterocycles. The van der Waals surface area contributed by atoms with Crippen LogP contribution in [0.1, 0.15) is 30.5 Å². The van der Waals surface area contributed by atoms with Gasteiger partial charge in [-0.25, -0.2) is 0 Å². The van der Waals surface area contributed by atoms with E-state index in [1.165, 1.54) is 0 Å². The highest BCUT2D eigenvalue weighted by Crippen LogP contribution is 2.34. The van der Waals surface area contributed by atoms with Gasteiger partial charge in [-0.15, -0.1) is 24.8 Å². The van der Waals surface area contributed by atoms with Crippen molar-refractivity contribution in [1.82, 2.24) is 10.2 Å². The van der Waals surface area contributed by atoms with Crippen LogP contribution < -0.4 is 14.8 Å². The molecule has 29 heavy (non-hydrogen) atoms. The lowest BCUT2D eigenvalue weighted by atomic mass is 10.0. The van der Waals surface area contributed by atoms with Gasteiger partial charge >= 0.3 is 0 Å². The van der Waals surface area contributed by atoms with Crippen LogP contribution in [0.2, 0.25) is 0 Å². The Morgan fingerprint density at radius 1 is 1.03 bits per heavy atom. The number of piperazine rings is 1.